The van der Waals surface area contributed by atoms with Crippen molar-refractivity contribution >= 4 is 40.7 Å². The second-order valence-corrected chi connectivity index (χ2v) is 13.1. The van der Waals surface area contributed by atoms with Gasteiger partial charge in [-0.1, -0.05) is 43.1 Å². The van der Waals surface area contributed by atoms with Crippen molar-refractivity contribution in [2.75, 3.05) is 0 Å². The number of ketones is 2. The van der Waals surface area contributed by atoms with E-state index in [9.17, 15) is 14.4 Å². The van der Waals surface area contributed by atoms with Gasteiger partial charge in [-0.05, 0) is 56.9 Å². The lowest BCUT2D eigenvalue weighted by atomic mass is 9.53. The Morgan fingerprint density at radius 1 is 0.886 bits per heavy atom. The van der Waals surface area contributed by atoms with E-state index in [0.717, 1.165) is 6.42 Å². The second kappa shape index (κ2) is 7.76. The van der Waals surface area contributed by atoms with Crippen LogP contribution in [0.25, 0.3) is 0 Å². The molecular weight excluding hydrogens is 495 g/mol. The SMILES string of the molecule is C[C@@H]1C(=O)O[C@@H](C)/C=C/C2OC2[C@@H](C)[C@@H]2C3OC3[C@@H]3C[C@@]4(C)O[C@H]4[C@@H](C)C3C2C(=O)C(Cl)(Cl)C1=O. The Labute approximate surface area is 215 Å². The lowest BCUT2D eigenvalue weighted by Gasteiger charge is -2.48. The van der Waals surface area contributed by atoms with Crippen LogP contribution < -0.4 is 0 Å². The zero-order chi connectivity index (χ0) is 25.2. The number of fused-ring (bicyclic) bond motifs is 8. The minimum atomic E-state index is -2.37. The lowest BCUT2D eigenvalue weighted by Crippen LogP contribution is -2.57. The molecule has 2 saturated carbocycles. The maximum absolute atomic E-state index is 14.2. The minimum Gasteiger partial charge on any atom is -0.458 e. The molecular formula is C26H32Cl2O7. The molecule has 0 bridgehead atoms. The van der Waals surface area contributed by atoms with Crippen molar-refractivity contribution in [2.45, 2.75) is 87.6 Å². The summed E-state index contributed by atoms with van der Waals surface area (Å²) in [6.07, 6.45) is 3.65. The topological polar surface area (TPSA) is 98.0 Å². The van der Waals surface area contributed by atoms with Gasteiger partial charge in [-0.3, -0.25) is 14.4 Å². The van der Waals surface area contributed by atoms with E-state index in [0.29, 0.717) is 0 Å². The summed E-state index contributed by atoms with van der Waals surface area (Å²) in [5.41, 5.74) is -0.195. The number of Topliss-reactive ketones (excluding diaryl/α,β-unsaturated/α-hetero) is 2. The molecule has 4 heterocycles. The molecule has 0 amide bonds. The fourth-order valence-electron chi connectivity index (χ4n) is 7.67. The Kier molecular flexibility index (Phi) is 5.40. The molecule has 6 unspecified atom stereocenters. The van der Waals surface area contributed by atoms with Gasteiger partial charge < -0.3 is 18.9 Å². The monoisotopic (exact) mass is 526 g/mol. The first-order valence-electron chi connectivity index (χ1n) is 12.7. The lowest BCUT2D eigenvalue weighted by molar-refractivity contribution is -0.154. The van der Waals surface area contributed by atoms with E-state index < -0.39 is 39.8 Å². The van der Waals surface area contributed by atoms with E-state index in [2.05, 4.69) is 20.8 Å². The van der Waals surface area contributed by atoms with Gasteiger partial charge in [0.1, 0.15) is 18.1 Å². The van der Waals surface area contributed by atoms with Crippen LogP contribution in [-0.2, 0) is 33.3 Å². The van der Waals surface area contributed by atoms with E-state index in [1.54, 1.807) is 13.0 Å². The van der Waals surface area contributed by atoms with Crippen molar-refractivity contribution < 1.29 is 33.3 Å². The maximum Gasteiger partial charge on any atom is 0.316 e. The standard InChI is InChI=1S/C26H32Cl2O7/c1-9-6-7-14-18(33-14)10(2)16-17(22(30)26(27,28)21(29)12(4)24(31)32-9)15-11(3)23-25(5,35-23)8-13(15)19-20(16)34-19/h6-7,9-20,23H,8H2,1-5H3/b7-6+/t9-,10-,11-,12-,13+,14?,15?,16-,17?,18?,19?,20?,23-,25+/m0/s1. The Morgan fingerprint density at radius 2 is 1.60 bits per heavy atom. The summed E-state index contributed by atoms with van der Waals surface area (Å²) in [6, 6.07) is 0. The van der Waals surface area contributed by atoms with Gasteiger partial charge in [-0.25, -0.2) is 0 Å². The van der Waals surface area contributed by atoms with Gasteiger partial charge in [0.05, 0.1) is 30.0 Å². The van der Waals surface area contributed by atoms with Crippen LogP contribution in [0.1, 0.15) is 41.0 Å². The molecule has 14 atom stereocenters. The first-order chi connectivity index (χ1) is 16.4. The van der Waals surface area contributed by atoms with Crippen molar-refractivity contribution in [2.24, 2.45) is 41.4 Å². The molecule has 35 heavy (non-hydrogen) atoms. The van der Waals surface area contributed by atoms with Gasteiger partial charge in [0, 0.05) is 11.8 Å². The Morgan fingerprint density at radius 3 is 2.31 bits per heavy atom. The summed E-state index contributed by atoms with van der Waals surface area (Å²) < 4.78 is 21.4. The number of halogens is 2. The van der Waals surface area contributed by atoms with Crippen LogP contribution >= 0.6 is 23.2 Å². The van der Waals surface area contributed by atoms with Crippen LogP contribution in [0, 0.1) is 41.4 Å². The van der Waals surface area contributed by atoms with Crippen molar-refractivity contribution in [1.82, 2.24) is 0 Å². The summed E-state index contributed by atoms with van der Waals surface area (Å²) >= 11 is 13.2. The number of hydrogen-bond donors (Lipinski definition) is 0. The average Bonchev–Trinajstić information content (AvgIpc) is 3.68. The van der Waals surface area contributed by atoms with Crippen LogP contribution in [0.4, 0.5) is 0 Å². The molecule has 2 aliphatic carbocycles. The number of ether oxygens (including phenoxy) is 4. The summed E-state index contributed by atoms with van der Waals surface area (Å²) in [6.45, 7) is 9.40. The number of epoxide rings is 3. The molecule has 0 N–H and O–H groups in total. The number of rotatable bonds is 0. The highest BCUT2D eigenvalue weighted by Crippen LogP contribution is 2.66. The van der Waals surface area contributed by atoms with Gasteiger partial charge in [-0.15, -0.1) is 0 Å². The van der Waals surface area contributed by atoms with E-state index in [4.69, 9.17) is 42.1 Å². The van der Waals surface area contributed by atoms with E-state index in [1.807, 2.05) is 6.08 Å². The molecule has 5 fully saturated rings. The van der Waals surface area contributed by atoms with Crippen molar-refractivity contribution in [3.05, 3.63) is 12.2 Å². The molecule has 4 aliphatic heterocycles. The normalized spacial score (nSPS) is 57.2. The predicted molar refractivity (Wildman–Crippen MR) is 126 cm³/mol. The molecule has 9 heteroatoms. The van der Waals surface area contributed by atoms with Gasteiger partial charge in [0.25, 0.3) is 0 Å². The highest BCUT2D eigenvalue weighted by Gasteiger charge is 2.74. The van der Waals surface area contributed by atoms with E-state index in [-0.39, 0.29) is 65.7 Å². The quantitative estimate of drug-likeness (QED) is 0.157. The van der Waals surface area contributed by atoms with Crippen molar-refractivity contribution in [3.63, 3.8) is 0 Å². The van der Waals surface area contributed by atoms with Crippen LogP contribution in [0.2, 0.25) is 0 Å². The second-order valence-electron chi connectivity index (χ2n) is 11.8. The highest BCUT2D eigenvalue weighted by atomic mass is 35.5. The van der Waals surface area contributed by atoms with Gasteiger partial charge in [-0.2, -0.15) is 0 Å². The average molecular weight is 527 g/mol. The third kappa shape index (κ3) is 3.59. The number of hydrogen-bond acceptors (Lipinski definition) is 7. The Hall–Kier alpha value is -0.990. The smallest absolute Gasteiger partial charge is 0.316 e. The first kappa shape index (κ1) is 24.4. The molecule has 0 radical (unpaired) electrons. The summed E-state index contributed by atoms with van der Waals surface area (Å²) in [7, 11) is 0. The predicted octanol–water partition coefficient (Wildman–Crippen LogP) is 3.28. The third-order valence-electron chi connectivity index (χ3n) is 9.58. The van der Waals surface area contributed by atoms with Crippen molar-refractivity contribution in [3.8, 4) is 0 Å². The number of cyclic esters (lactones) is 1. The molecule has 0 aromatic carbocycles. The number of carbonyl (C=O) groups excluding carboxylic acids is 3. The molecule has 7 nitrogen and oxygen atoms in total. The van der Waals surface area contributed by atoms with E-state index >= 15 is 0 Å². The van der Waals surface area contributed by atoms with Gasteiger partial charge in [0.15, 0.2) is 11.6 Å². The highest BCUT2D eigenvalue weighted by molar-refractivity contribution is 6.68. The summed E-state index contributed by atoms with van der Waals surface area (Å²) in [5, 5.41) is 0. The fourth-order valence-corrected chi connectivity index (χ4v) is 8.25. The van der Waals surface area contributed by atoms with E-state index in [1.165, 1.54) is 6.92 Å². The van der Waals surface area contributed by atoms with Crippen LogP contribution in [0.5, 0.6) is 0 Å². The van der Waals surface area contributed by atoms with Crippen LogP contribution in [0.15, 0.2) is 12.2 Å². The first-order valence-corrected chi connectivity index (χ1v) is 13.5. The van der Waals surface area contributed by atoms with Gasteiger partial charge in [0.2, 0.25) is 4.33 Å². The Bertz CT molecular complexity index is 1010. The van der Waals surface area contributed by atoms with Gasteiger partial charge >= 0.3 is 5.97 Å². The number of carbonyl (C=O) groups is 3. The number of alkyl halides is 2. The fraction of sp³-hybridized carbons (Fsp3) is 0.808. The zero-order valence-corrected chi connectivity index (χ0v) is 22.0. The minimum absolute atomic E-state index is 0.0207. The van der Waals surface area contributed by atoms with Crippen LogP contribution in [-0.4, -0.2) is 64.1 Å². The molecule has 0 aromatic heterocycles. The molecule has 6 rings (SSSR count). The molecule has 0 aromatic rings. The third-order valence-corrected chi connectivity index (χ3v) is 10.3. The number of esters is 1. The summed E-state index contributed by atoms with van der Waals surface area (Å²) in [4.78, 5) is 40.3. The Balaban J connectivity index is 1.42. The molecule has 0 spiro atoms. The largest absolute Gasteiger partial charge is 0.458 e. The van der Waals surface area contributed by atoms with Crippen LogP contribution in [0.3, 0.4) is 0 Å². The van der Waals surface area contributed by atoms with Crippen molar-refractivity contribution in [1.29, 1.82) is 0 Å². The zero-order valence-electron chi connectivity index (χ0n) is 20.5. The molecule has 3 saturated heterocycles. The molecule has 192 valence electrons. The maximum atomic E-state index is 14.2. The molecule has 6 aliphatic rings. The summed E-state index contributed by atoms with van der Waals surface area (Å²) in [5.74, 6) is -4.16.